The van der Waals surface area contributed by atoms with Crippen LogP contribution >= 0.6 is 0 Å². The molecule has 5 rings (SSSR count). The van der Waals surface area contributed by atoms with Crippen molar-refractivity contribution < 1.29 is 23.5 Å². The van der Waals surface area contributed by atoms with E-state index >= 15 is 0 Å². The number of alkyl carbamates (subject to hydrolysis) is 1. The molecule has 1 saturated heterocycles. The van der Waals surface area contributed by atoms with Crippen molar-refractivity contribution in [1.82, 2.24) is 10.3 Å². The predicted molar refractivity (Wildman–Crippen MR) is 129 cm³/mol. The van der Waals surface area contributed by atoms with Gasteiger partial charge in [0.05, 0.1) is 24.8 Å². The van der Waals surface area contributed by atoms with E-state index in [1.54, 1.807) is 19.2 Å². The second-order valence-electron chi connectivity index (χ2n) is 9.87. The van der Waals surface area contributed by atoms with Crippen LogP contribution in [0.15, 0.2) is 48.7 Å². The van der Waals surface area contributed by atoms with Gasteiger partial charge in [0.25, 0.3) is 0 Å². The zero-order valence-corrected chi connectivity index (χ0v) is 19.9. The lowest BCUT2D eigenvalue weighted by molar-refractivity contribution is -0.143. The number of nitrogens with zero attached hydrogens (tertiary/aromatic N) is 1. The number of aromatic nitrogens is 1. The number of nitrogens with one attached hydrogen (secondary N) is 1. The summed E-state index contributed by atoms with van der Waals surface area (Å²) in [5, 5.41) is 3.01. The van der Waals surface area contributed by atoms with Gasteiger partial charge < -0.3 is 14.8 Å². The third-order valence-corrected chi connectivity index (χ3v) is 7.81. The van der Waals surface area contributed by atoms with Gasteiger partial charge in [-0.2, -0.15) is 0 Å². The second-order valence-corrected chi connectivity index (χ2v) is 9.87. The van der Waals surface area contributed by atoms with Crippen molar-refractivity contribution in [3.63, 3.8) is 0 Å². The first-order valence-corrected chi connectivity index (χ1v) is 12.5. The van der Waals surface area contributed by atoms with E-state index in [1.165, 1.54) is 12.1 Å². The van der Waals surface area contributed by atoms with Gasteiger partial charge in [-0.15, -0.1) is 0 Å². The van der Waals surface area contributed by atoms with Crippen molar-refractivity contribution in [2.45, 2.75) is 38.6 Å². The maximum absolute atomic E-state index is 13.6. The number of carbonyl (C=O) groups is 2. The molecule has 2 heterocycles. The molecule has 0 radical (unpaired) electrons. The van der Waals surface area contributed by atoms with Gasteiger partial charge in [-0.3, -0.25) is 9.78 Å². The van der Waals surface area contributed by atoms with Gasteiger partial charge in [0.2, 0.25) is 0 Å². The highest BCUT2D eigenvalue weighted by Gasteiger charge is 2.52. The van der Waals surface area contributed by atoms with E-state index in [1.807, 2.05) is 24.3 Å². The van der Waals surface area contributed by atoms with Gasteiger partial charge in [0.15, 0.2) is 0 Å². The number of amides is 1. The molecule has 1 aromatic carbocycles. The molecular formula is C28H31FN2O4. The number of cyclic esters (lactones) is 1. The molecule has 1 aliphatic heterocycles. The molecule has 6 atom stereocenters. The third kappa shape index (κ3) is 5.09. The monoisotopic (exact) mass is 478 g/mol. The fourth-order valence-corrected chi connectivity index (χ4v) is 6.27. The van der Waals surface area contributed by atoms with E-state index in [4.69, 9.17) is 9.47 Å². The summed E-state index contributed by atoms with van der Waals surface area (Å²) in [6.07, 6.45) is 9.19. The average molecular weight is 479 g/mol. The molecule has 0 spiro atoms. The number of hydrogen-bond acceptors (Lipinski definition) is 5. The summed E-state index contributed by atoms with van der Waals surface area (Å²) in [6, 6.07) is 10.4. The predicted octanol–water partition coefficient (Wildman–Crippen LogP) is 5.24. The largest absolute Gasteiger partial charge is 0.465 e. The Hall–Kier alpha value is -3.22. The lowest BCUT2D eigenvalue weighted by Crippen LogP contribution is -2.47. The van der Waals surface area contributed by atoms with Crippen LogP contribution in [0.1, 0.15) is 38.3 Å². The normalized spacial score (nSPS) is 29.8. The minimum atomic E-state index is -0.353. The molecule has 2 aromatic rings. The summed E-state index contributed by atoms with van der Waals surface area (Å²) in [4.78, 5) is 29.1. The lowest BCUT2D eigenvalue weighted by Gasteiger charge is -2.46. The van der Waals surface area contributed by atoms with Crippen LogP contribution in [0.4, 0.5) is 9.18 Å². The van der Waals surface area contributed by atoms with Crippen molar-refractivity contribution in [2.75, 3.05) is 13.2 Å². The van der Waals surface area contributed by atoms with E-state index in [9.17, 15) is 14.0 Å². The Kier molecular flexibility index (Phi) is 6.84. The van der Waals surface area contributed by atoms with Gasteiger partial charge in [0, 0.05) is 23.7 Å². The molecule has 2 aliphatic carbocycles. The molecule has 3 fully saturated rings. The van der Waals surface area contributed by atoms with Crippen LogP contribution in [0.2, 0.25) is 0 Å². The Morgan fingerprint density at radius 2 is 2.09 bits per heavy atom. The highest BCUT2D eigenvalue weighted by atomic mass is 19.1. The highest BCUT2D eigenvalue weighted by Crippen LogP contribution is 2.51. The van der Waals surface area contributed by atoms with Crippen molar-refractivity contribution in [2.24, 2.45) is 29.6 Å². The smallest absolute Gasteiger partial charge is 0.407 e. The molecule has 1 N–H and O–H groups in total. The summed E-state index contributed by atoms with van der Waals surface area (Å²) < 4.78 is 24.1. The van der Waals surface area contributed by atoms with E-state index < -0.39 is 0 Å². The second kappa shape index (κ2) is 10.2. The van der Waals surface area contributed by atoms with Gasteiger partial charge in [-0.1, -0.05) is 24.3 Å². The Morgan fingerprint density at radius 3 is 2.86 bits per heavy atom. The summed E-state index contributed by atoms with van der Waals surface area (Å²) in [5.74, 6) is 0.598. The number of ether oxygens (including phenoxy) is 2. The number of rotatable bonds is 5. The summed E-state index contributed by atoms with van der Waals surface area (Å²) in [5.41, 5.74) is 2.44. The van der Waals surface area contributed by atoms with Gasteiger partial charge >= 0.3 is 12.1 Å². The van der Waals surface area contributed by atoms with E-state index in [0.717, 1.165) is 42.5 Å². The Morgan fingerprint density at radius 1 is 1.20 bits per heavy atom. The zero-order valence-electron chi connectivity index (χ0n) is 19.9. The SMILES string of the molecule is CCOC(=O)N[C@@H]1CC[C@@H]2[C@@H](C1)C[C@@H]1COC(=O)[C@@H]1[C@H]2/C=C/c1ccc(-c2cccc(F)c2)cn1. The minimum absolute atomic E-state index is 0.0852. The molecule has 0 unspecified atom stereocenters. The molecular weight excluding hydrogens is 447 g/mol. The van der Waals surface area contributed by atoms with E-state index in [0.29, 0.717) is 25.0 Å². The topological polar surface area (TPSA) is 77.5 Å². The number of carbonyl (C=O) groups excluding carboxylic acids is 2. The number of hydrogen-bond donors (Lipinski definition) is 1. The van der Waals surface area contributed by atoms with E-state index in [2.05, 4.69) is 16.4 Å². The maximum atomic E-state index is 13.6. The summed E-state index contributed by atoms with van der Waals surface area (Å²) >= 11 is 0. The first kappa shape index (κ1) is 23.5. The Bertz CT molecular complexity index is 1100. The van der Waals surface area contributed by atoms with Crippen LogP contribution in [-0.2, 0) is 14.3 Å². The number of pyridine rings is 1. The fraction of sp³-hybridized carbons (Fsp3) is 0.464. The number of halogens is 1. The van der Waals surface area contributed by atoms with Crippen molar-refractivity contribution in [1.29, 1.82) is 0 Å². The molecule has 1 aromatic heterocycles. The van der Waals surface area contributed by atoms with Crippen LogP contribution in [0.5, 0.6) is 0 Å². The Balaban J connectivity index is 1.32. The quantitative estimate of drug-likeness (QED) is 0.595. The highest BCUT2D eigenvalue weighted by molar-refractivity contribution is 5.76. The van der Waals surface area contributed by atoms with Crippen molar-refractivity contribution >= 4 is 18.1 Å². The third-order valence-electron chi connectivity index (χ3n) is 7.81. The minimum Gasteiger partial charge on any atom is -0.465 e. The Labute approximate surface area is 204 Å². The van der Waals surface area contributed by atoms with E-state index in [-0.39, 0.29) is 41.7 Å². The first-order chi connectivity index (χ1) is 17.0. The molecule has 35 heavy (non-hydrogen) atoms. The molecule has 6 nitrogen and oxygen atoms in total. The molecule has 7 heteroatoms. The first-order valence-electron chi connectivity index (χ1n) is 12.5. The van der Waals surface area contributed by atoms with Crippen LogP contribution in [-0.4, -0.2) is 36.3 Å². The van der Waals surface area contributed by atoms with Gasteiger partial charge in [0.1, 0.15) is 5.82 Å². The summed E-state index contributed by atoms with van der Waals surface area (Å²) in [6.45, 7) is 2.64. The molecule has 3 aliphatic rings. The lowest BCUT2D eigenvalue weighted by atomic mass is 9.58. The van der Waals surface area contributed by atoms with Crippen LogP contribution in [0.3, 0.4) is 0 Å². The number of allylic oxidation sites excluding steroid dienone is 1. The average Bonchev–Trinajstić information content (AvgIpc) is 3.22. The molecule has 0 bridgehead atoms. The number of benzene rings is 1. The standard InChI is InChI=1S/C28H31FN2O4/c1-2-34-28(33)31-23-9-10-24-19(14-23)12-20-16-35-27(32)26(20)25(24)11-8-22-7-6-18(15-30-22)17-4-3-5-21(29)13-17/h3-8,11,13,15,19-20,23-26H,2,9-10,12,14,16H2,1H3,(H,31,33)/b11-8+/t19-,20-,23-,24-,25+,26+/m1/s1. The molecule has 2 saturated carbocycles. The van der Waals surface area contributed by atoms with Crippen LogP contribution in [0.25, 0.3) is 17.2 Å². The van der Waals surface area contributed by atoms with Gasteiger partial charge in [-0.25, -0.2) is 9.18 Å². The van der Waals surface area contributed by atoms with Gasteiger partial charge in [-0.05, 0) is 80.2 Å². The molecule has 184 valence electrons. The molecule has 1 amide bonds. The van der Waals surface area contributed by atoms with Crippen molar-refractivity contribution in [3.8, 4) is 11.1 Å². The fourth-order valence-electron chi connectivity index (χ4n) is 6.27. The summed E-state index contributed by atoms with van der Waals surface area (Å²) in [7, 11) is 0. The van der Waals surface area contributed by atoms with Crippen LogP contribution in [0, 0.1) is 35.4 Å². The number of esters is 1. The zero-order chi connectivity index (χ0) is 24.4. The maximum Gasteiger partial charge on any atom is 0.407 e. The number of fused-ring (bicyclic) bond motifs is 2. The van der Waals surface area contributed by atoms with Crippen LogP contribution < -0.4 is 5.32 Å². The van der Waals surface area contributed by atoms with Crippen molar-refractivity contribution in [3.05, 3.63) is 60.2 Å².